The van der Waals surface area contributed by atoms with Crippen LogP contribution in [0.2, 0.25) is 0 Å². The predicted octanol–water partition coefficient (Wildman–Crippen LogP) is 4.17. The molecule has 0 saturated heterocycles. The number of carbonyl (C=O) groups is 1. The second-order valence-electron chi connectivity index (χ2n) is 8.25. The molecular weight excluding hydrogens is 320 g/mol. The van der Waals surface area contributed by atoms with E-state index in [1.807, 2.05) is 12.1 Å². The molecule has 3 atom stereocenters. The fourth-order valence-electron chi connectivity index (χ4n) is 5.23. The van der Waals surface area contributed by atoms with Crippen LogP contribution in [0.5, 0.6) is 0 Å². The maximum absolute atomic E-state index is 12.6. The monoisotopic (exact) mass is 346 g/mol. The smallest absolute Gasteiger partial charge is 0.251 e. The summed E-state index contributed by atoms with van der Waals surface area (Å²) in [5.74, 6) is 1.68. The Kier molecular flexibility index (Phi) is 3.96. The highest BCUT2D eigenvalue weighted by molar-refractivity contribution is 5.94. The van der Waals surface area contributed by atoms with Gasteiger partial charge >= 0.3 is 0 Å². The molecule has 1 aliphatic heterocycles. The standard InChI is InChI=1S/C23H26N2O/c26-23(24-21-14-17-7-10-20(21)13-17)19-8-5-16(6-9-19)15-25-12-11-18-3-1-2-4-22(18)25/h1-6,8-9,17,20-21H,7,10-15H2,(H,24,26)/t17-,20+,21+/m0/s1. The van der Waals surface area contributed by atoms with Gasteiger partial charge in [-0.1, -0.05) is 36.8 Å². The molecule has 26 heavy (non-hydrogen) atoms. The molecule has 1 heterocycles. The number of fused-ring (bicyclic) bond motifs is 3. The lowest BCUT2D eigenvalue weighted by molar-refractivity contribution is 0.0923. The quantitative estimate of drug-likeness (QED) is 0.901. The molecule has 1 N–H and O–H groups in total. The summed E-state index contributed by atoms with van der Waals surface area (Å²) in [5.41, 5.74) is 4.84. The molecule has 0 aromatic heterocycles. The molecule has 2 aliphatic carbocycles. The lowest BCUT2D eigenvalue weighted by Gasteiger charge is -2.23. The Morgan fingerprint density at radius 2 is 1.88 bits per heavy atom. The van der Waals surface area contributed by atoms with Gasteiger partial charge in [0.15, 0.2) is 0 Å². The Bertz CT molecular complexity index is 813. The van der Waals surface area contributed by atoms with Gasteiger partial charge < -0.3 is 10.2 Å². The summed E-state index contributed by atoms with van der Waals surface area (Å²) in [4.78, 5) is 15.0. The van der Waals surface area contributed by atoms with E-state index in [9.17, 15) is 4.79 Å². The Labute approximate surface area is 155 Å². The zero-order valence-electron chi connectivity index (χ0n) is 15.2. The highest BCUT2D eigenvalue weighted by atomic mass is 16.1. The molecule has 3 heteroatoms. The van der Waals surface area contributed by atoms with Crippen LogP contribution < -0.4 is 10.2 Å². The van der Waals surface area contributed by atoms with E-state index in [4.69, 9.17) is 0 Å². The first-order valence-electron chi connectivity index (χ1n) is 9.99. The van der Waals surface area contributed by atoms with Gasteiger partial charge in [-0.2, -0.15) is 0 Å². The molecule has 5 rings (SSSR count). The first-order chi connectivity index (χ1) is 12.8. The molecule has 3 nitrogen and oxygen atoms in total. The Balaban J connectivity index is 1.23. The highest BCUT2D eigenvalue weighted by Crippen LogP contribution is 2.44. The molecule has 1 amide bonds. The lowest BCUT2D eigenvalue weighted by Crippen LogP contribution is -2.38. The number of para-hydroxylation sites is 1. The van der Waals surface area contributed by atoms with E-state index in [0.717, 1.165) is 36.9 Å². The second kappa shape index (κ2) is 6.46. The van der Waals surface area contributed by atoms with Gasteiger partial charge in [0.05, 0.1) is 0 Å². The van der Waals surface area contributed by atoms with Crippen LogP contribution in [0.3, 0.4) is 0 Å². The van der Waals surface area contributed by atoms with Gasteiger partial charge in [0.25, 0.3) is 5.91 Å². The molecule has 2 aromatic rings. The van der Waals surface area contributed by atoms with Crippen LogP contribution in [0.1, 0.15) is 47.2 Å². The fourth-order valence-corrected chi connectivity index (χ4v) is 5.23. The van der Waals surface area contributed by atoms with Crippen LogP contribution in [0, 0.1) is 11.8 Å². The molecule has 2 bridgehead atoms. The number of hydrogen-bond donors (Lipinski definition) is 1. The van der Waals surface area contributed by atoms with Gasteiger partial charge in [-0.25, -0.2) is 0 Å². The molecule has 2 fully saturated rings. The zero-order valence-corrected chi connectivity index (χ0v) is 15.2. The van der Waals surface area contributed by atoms with Gasteiger partial charge in [0, 0.05) is 30.4 Å². The molecule has 3 aliphatic rings. The number of hydrogen-bond acceptors (Lipinski definition) is 2. The van der Waals surface area contributed by atoms with Crippen molar-refractivity contribution in [2.24, 2.45) is 11.8 Å². The van der Waals surface area contributed by atoms with Crippen LogP contribution in [0.25, 0.3) is 0 Å². The van der Waals surface area contributed by atoms with E-state index in [-0.39, 0.29) is 5.91 Å². The molecule has 0 radical (unpaired) electrons. The van der Waals surface area contributed by atoms with Crippen LogP contribution >= 0.6 is 0 Å². The Morgan fingerprint density at radius 1 is 1.04 bits per heavy atom. The third-order valence-electron chi connectivity index (χ3n) is 6.63. The highest BCUT2D eigenvalue weighted by Gasteiger charge is 2.40. The number of nitrogens with zero attached hydrogens (tertiary/aromatic N) is 1. The van der Waals surface area contributed by atoms with Crippen LogP contribution in [0.15, 0.2) is 48.5 Å². The van der Waals surface area contributed by atoms with Gasteiger partial charge in [0.1, 0.15) is 0 Å². The summed E-state index contributed by atoms with van der Waals surface area (Å²) in [6.45, 7) is 1.98. The maximum Gasteiger partial charge on any atom is 0.251 e. The predicted molar refractivity (Wildman–Crippen MR) is 104 cm³/mol. The second-order valence-corrected chi connectivity index (χ2v) is 8.25. The average molecular weight is 346 g/mol. The first kappa shape index (κ1) is 15.9. The summed E-state index contributed by atoms with van der Waals surface area (Å²) in [6.07, 6.45) is 6.29. The fraction of sp³-hybridized carbons (Fsp3) is 0.435. The minimum absolute atomic E-state index is 0.0978. The molecule has 0 spiro atoms. The number of anilines is 1. The van der Waals surface area contributed by atoms with Crippen LogP contribution in [0.4, 0.5) is 5.69 Å². The van der Waals surface area contributed by atoms with Gasteiger partial charge in [0.2, 0.25) is 0 Å². The summed E-state index contributed by atoms with van der Waals surface area (Å²) in [7, 11) is 0. The van der Waals surface area contributed by atoms with E-state index < -0.39 is 0 Å². The van der Waals surface area contributed by atoms with Crippen molar-refractivity contribution in [3.8, 4) is 0 Å². The third kappa shape index (κ3) is 2.90. The number of nitrogens with one attached hydrogen (secondary N) is 1. The number of benzene rings is 2. The normalized spacial score (nSPS) is 26.2. The molecule has 0 unspecified atom stereocenters. The first-order valence-corrected chi connectivity index (χ1v) is 9.99. The summed E-state index contributed by atoms with van der Waals surface area (Å²) >= 11 is 0. The van der Waals surface area contributed by atoms with Gasteiger partial charge in [-0.15, -0.1) is 0 Å². The van der Waals surface area contributed by atoms with Crippen molar-refractivity contribution < 1.29 is 4.79 Å². The average Bonchev–Trinajstić information content (AvgIpc) is 3.38. The van der Waals surface area contributed by atoms with Crippen molar-refractivity contribution in [2.75, 3.05) is 11.4 Å². The third-order valence-corrected chi connectivity index (χ3v) is 6.63. The van der Waals surface area contributed by atoms with E-state index in [1.165, 1.54) is 42.5 Å². The van der Waals surface area contributed by atoms with E-state index in [0.29, 0.717) is 6.04 Å². The molecule has 2 aromatic carbocycles. The van der Waals surface area contributed by atoms with Crippen molar-refractivity contribution in [3.05, 3.63) is 65.2 Å². The Morgan fingerprint density at radius 3 is 2.65 bits per heavy atom. The Hall–Kier alpha value is -2.29. The van der Waals surface area contributed by atoms with Crippen molar-refractivity contribution in [1.82, 2.24) is 5.32 Å². The van der Waals surface area contributed by atoms with E-state index in [2.05, 4.69) is 46.6 Å². The van der Waals surface area contributed by atoms with Crippen LogP contribution in [-0.2, 0) is 13.0 Å². The van der Waals surface area contributed by atoms with E-state index >= 15 is 0 Å². The minimum Gasteiger partial charge on any atom is -0.367 e. The van der Waals surface area contributed by atoms with Crippen molar-refractivity contribution in [3.63, 3.8) is 0 Å². The minimum atomic E-state index is 0.0978. The maximum atomic E-state index is 12.6. The van der Waals surface area contributed by atoms with Crippen molar-refractivity contribution in [1.29, 1.82) is 0 Å². The van der Waals surface area contributed by atoms with Crippen LogP contribution in [-0.4, -0.2) is 18.5 Å². The summed E-state index contributed by atoms with van der Waals surface area (Å²) in [5, 5.41) is 3.28. The number of rotatable bonds is 4. The molecular formula is C23H26N2O. The zero-order chi connectivity index (χ0) is 17.5. The SMILES string of the molecule is O=C(N[C@@H]1C[C@H]2CC[C@@H]1C2)c1ccc(CN2CCc3ccccc32)cc1. The summed E-state index contributed by atoms with van der Waals surface area (Å²) < 4.78 is 0. The largest absolute Gasteiger partial charge is 0.367 e. The molecule has 2 saturated carbocycles. The number of carbonyl (C=O) groups excluding carboxylic acids is 1. The van der Waals surface area contributed by atoms with Gasteiger partial charge in [-0.05, 0) is 66.8 Å². The topological polar surface area (TPSA) is 32.3 Å². The van der Waals surface area contributed by atoms with Crippen molar-refractivity contribution in [2.45, 2.75) is 44.7 Å². The van der Waals surface area contributed by atoms with E-state index in [1.54, 1.807) is 0 Å². The van der Waals surface area contributed by atoms with Gasteiger partial charge in [-0.3, -0.25) is 4.79 Å². The summed E-state index contributed by atoms with van der Waals surface area (Å²) in [6, 6.07) is 17.2. The number of amides is 1. The molecule has 134 valence electrons. The lowest BCUT2D eigenvalue weighted by atomic mass is 9.95. The van der Waals surface area contributed by atoms with Crippen molar-refractivity contribution >= 4 is 11.6 Å².